The van der Waals surface area contributed by atoms with Gasteiger partial charge in [-0.2, -0.15) is 0 Å². The fraction of sp³-hybridized carbons (Fsp3) is 0.286. The Morgan fingerprint density at radius 3 is 2.96 bits per heavy atom. The first-order chi connectivity index (χ1) is 11.1. The van der Waals surface area contributed by atoms with Crippen LogP contribution in [0.15, 0.2) is 28.0 Å². The van der Waals surface area contributed by atoms with Crippen LogP contribution in [0, 0.1) is 0 Å². The number of nitrogens with one attached hydrogen (secondary N) is 1. The van der Waals surface area contributed by atoms with E-state index in [0.29, 0.717) is 23.1 Å². The van der Waals surface area contributed by atoms with Gasteiger partial charge in [0.15, 0.2) is 4.34 Å². The normalized spacial score (nSPS) is 10.3. The second kappa shape index (κ2) is 8.85. The zero-order valence-corrected chi connectivity index (χ0v) is 14.6. The number of esters is 1. The molecule has 0 unspecified atom stereocenters. The van der Waals surface area contributed by atoms with Gasteiger partial charge < -0.3 is 10.1 Å². The molecule has 2 rings (SSSR count). The molecule has 0 spiro atoms. The Hall–Kier alpha value is -1.64. The maximum Gasteiger partial charge on any atom is 0.311 e. The standard InChI is InChI=1S/C14H14ClN3O3S2/c1-2-21-13(20)5-10-7-22-14(17-10)23-8-12(19)18-11-4-3-9(15)6-16-11/h3-4,6-7H,2,5,8H2,1H3,(H,16,18,19). The molecule has 0 fully saturated rings. The van der Waals surface area contributed by atoms with Crippen LogP contribution in [0.5, 0.6) is 0 Å². The summed E-state index contributed by atoms with van der Waals surface area (Å²) in [5.74, 6) is 0.159. The highest BCUT2D eigenvalue weighted by atomic mass is 35.5. The van der Waals surface area contributed by atoms with E-state index in [4.69, 9.17) is 16.3 Å². The van der Waals surface area contributed by atoms with Crippen LogP contribution in [0.1, 0.15) is 12.6 Å². The zero-order valence-electron chi connectivity index (χ0n) is 12.2. The summed E-state index contributed by atoms with van der Waals surface area (Å²) >= 11 is 8.42. The summed E-state index contributed by atoms with van der Waals surface area (Å²) in [5.41, 5.74) is 0.649. The van der Waals surface area contributed by atoms with Gasteiger partial charge in [-0.3, -0.25) is 9.59 Å². The molecule has 0 radical (unpaired) electrons. The molecule has 2 aromatic rings. The Bertz CT molecular complexity index is 676. The quantitative estimate of drug-likeness (QED) is 0.595. The van der Waals surface area contributed by atoms with Gasteiger partial charge in [-0.05, 0) is 19.1 Å². The molecule has 0 aliphatic carbocycles. The van der Waals surface area contributed by atoms with Gasteiger partial charge in [-0.15, -0.1) is 11.3 Å². The third-order valence-electron chi connectivity index (χ3n) is 2.48. The molecule has 122 valence electrons. The van der Waals surface area contributed by atoms with E-state index in [1.165, 1.54) is 29.3 Å². The number of rotatable bonds is 7. The SMILES string of the molecule is CCOC(=O)Cc1csc(SCC(=O)Nc2ccc(Cl)cn2)n1. The monoisotopic (exact) mass is 371 g/mol. The van der Waals surface area contributed by atoms with Crippen molar-refractivity contribution >= 4 is 52.4 Å². The summed E-state index contributed by atoms with van der Waals surface area (Å²) in [6.45, 7) is 2.11. The van der Waals surface area contributed by atoms with Gasteiger partial charge in [0.1, 0.15) is 5.82 Å². The number of carbonyl (C=O) groups excluding carboxylic acids is 2. The smallest absolute Gasteiger partial charge is 0.311 e. The molecule has 0 saturated carbocycles. The summed E-state index contributed by atoms with van der Waals surface area (Å²) < 4.78 is 5.59. The average molecular weight is 372 g/mol. The van der Waals surface area contributed by atoms with Crippen molar-refractivity contribution in [3.05, 3.63) is 34.4 Å². The molecule has 0 atom stereocenters. The minimum Gasteiger partial charge on any atom is -0.466 e. The highest BCUT2D eigenvalue weighted by molar-refractivity contribution is 8.01. The number of hydrogen-bond acceptors (Lipinski definition) is 7. The van der Waals surface area contributed by atoms with Gasteiger partial charge in [0.2, 0.25) is 5.91 Å². The van der Waals surface area contributed by atoms with E-state index in [1.54, 1.807) is 24.4 Å². The van der Waals surface area contributed by atoms with Crippen LogP contribution in [-0.4, -0.2) is 34.2 Å². The van der Waals surface area contributed by atoms with E-state index in [1.807, 2.05) is 0 Å². The Labute approximate surface area is 146 Å². The van der Waals surface area contributed by atoms with Gasteiger partial charge in [0, 0.05) is 11.6 Å². The van der Waals surface area contributed by atoms with Crippen LogP contribution >= 0.6 is 34.7 Å². The van der Waals surface area contributed by atoms with E-state index in [0.717, 1.165) is 4.34 Å². The lowest BCUT2D eigenvalue weighted by molar-refractivity contribution is -0.142. The molecule has 0 aliphatic heterocycles. The van der Waals surface area contributed by atoms with Crippen molar-refractivity contribution in [1.82, 2.24) is 9.97 Å². The Balaban J connectivity index is 1.79. The maximum absolute atomic E-state index is 11.8. The lowest BCUT2D eigenvalue weighted by Crippen LogP contribution is -2.14. The molecule has 6 nitrogen and oxygen atoms in total. The Kier molecular flexibility index (Phi) is 6.82. The lowest BCUT2D eigenvalue weighted by Gasteiger charge is -2.03. The molecular weight excluding hydrogens is 358 g/mol. The summed E-state index contributed by atoms with van der Waals surface area (Å²) in [6.07, 6.45) is 1.61. The van der Waals surface area contributed by atoms with Crippen LogP contribution < -0.4 is 5.32 Å². The number of nitrogens with zero attached hydrogens (tertiary/aromatic N) is 2. The number of anilines is 1. The molecule has 1 N–H and O–H groups in total. The van der Waals surface area contributed by atoms with Crippen molar-refractivity contribution < 1.29 is 14.3 Å². The highest BCUT2D eigenvalue weighted by Crippen LogP contribution is 2.23. The Morgan fingerprint density at radius 2 is 2.26 bits per heavy atom. The number of thiazole rings is 1. The second-order valence-corrected chi connectivity index (χ2v) is 6.80. The molecule has 9 heteroatoms. The molecule has 2 heterocycles. The number of ether oxygens (including phenoxy) is 1. The third kappa shape index (κ3) is 6.17. The van der Waals surface area contributed by atoms with Crippen molar-refractivity contribution in [3.8, 4) is 0 Å². The zero-order chi connectivity index (χ0) is 16.7. The molecule has 0 aromatic carbocycles. The van der Waals surface area contributed by atoms with Gasteiger partial charge in [0.05, 0.1) is 29.5 Å². The van der Waals surface area contributed by atoms with Crippen LogP contribution in [0.2, 0.25) is 5.02 Å². The van der Waals surface area contributed by atoms with Crippen LogP contribution in [-0.2, 0) is 20.7 Å². The van der Waals surface area contributed by atoms with Crippen molar-refractivity contribution in [2.24, 2.45) is 0 Å². The number of aromatic nitrogens is 2. The van der Waals surface area contributed by atoms with Gasteiger partial charge in [-0.1, -0.05) is 23.4 Å². The van der Waals surface area contributed by atoms with Crippen LogP contribution in [0.3, 0.4) is 0 Å². The molecule has 23 heavy (non-hydrogen) atoms. The minimum atomic E-state index is -0.305. The van der Waals surface area contributed by atoms with Gasteiger partial charge >= 0.3 is 5.97 Å². The molecule has 1 amide bonds. The fourth-order valence-corrected chi connectivity index (χ4v) is 3.31. The first-order valence-corrected chi connectivity index (χ1v) is 8.95. The van der Waals surface area contributed by atoms with Gasteiger partial charge in [-0.25, -0.2) is 9.97 Å². The lowest BCUT2D eigenvalue weighted by atomic mass is 10.3. The predicted octanol–water partition coefficient (Wildman–Crippen LogP) is 3.03. The topological polar surface area (TPSA) is 81.2 Å². The van der Waals surface area contributed by atoms with E-state index in [9.17, 15) is 9.59 Å². The number of thioether (sulfide) groups is 1. The number of carbonyl (C=O) groups is 2. The molecule has 0 aliphatic rings. The fourth-order valence-electron chi connectivity index (χ4n) is 1.55. The average Bonchev–Trinajstić information content (AvgIpc) is 2.95. The first-order valence-electron chi connectivity index (χ1n) is 6.71. The second-order valence-electron chi connectivity index (χ2n) is 4.29. The summed E-state index contributed by atoms with van der Waals surface area (Å²) in [4.78, 5) is 31.5. The molecule has 2 aromatic heterocycles. The van der Waals surface area contributed by atoms with Crippen molar-refractivity contribution in [1.29, 1.82) is 0 Å². The summed E-state index contributed by atoms with van der Waals surface area (Å²) in [6, 6.07) is 3.28. The van der Waals surface area contributed by atoms with E-state index < -0.39 is 0 Å². The van der Waals surface area contributed by atoms with Crippen molar-refractivity contribution in [2.45, 2.75) is 17.7 Å². The number of halogens is 1. The van der Waals surface area contributed by atoms with E-state index in [2.05, 4.69) is 15.3 Å². The largest absolute Gasteiger partial charge is 0.466 e. The third-order valence-corrected chi connectivity index (χ3v) is 4.78. The van der Waals surface area contributed by atoms with E-state index in [-0.39, 0.29) is 24.1 Å². The maximum atomic E-state index is 11.8. The first kappa shape index (κ1) is 17.7. The number of pyridine rings is 1. The molecular formula is C14H14ClN3O3S2. The predicted molar refractivity (Wildman–Crippen MR) is 91.1 cm³/mol. The van der Waals surface area contributed by atoms with Gasteiger partial charge in [0.25, 0.3) is 0 Å². The number of hydrogen-bond donors (Lipinski definition) is 1. The highest BCUT2D eigenvalue weighted by Gasteiger charge is 2.10. The van der Waals surface area contributed by atoms with E-state index >= 15 is 0 Å². The Morgan fingerprint density at radius 1 is 1.43 bits per heavy atom. The summed E-state index contributed by atoms with van der Waals surface area (Å²) in [5, 5.41) is 4.97. The van der Waals surface area contributed by atoms with Crippen molar-refractivity contribution in [3.63, 3.8) is 0 Å². The molecule has 0 saturated heterocycles. The number of amides is 1. The molecule has 0 bridgehead atoms. The van der Waals surface area contributed by atoms with Crippen molar-refractivity contribution in [2.75, 3.05) is 17.7 Å². The minimum absolute atomic E-state index is 0.145. The van der Waals surface area contributed by atoms with Crippen LogP contribution in [0.25, 0.3) is 0 Å². The van der Waals surface area contributed by atoms with Crippen LogP contribution in [0.4, 0.5) is 5.82 Å². The summed E-state index contributed by atoms with van der Waals surface area (Å²) in [7, 11) is 0.